The van der Waals surface area contributed by atoms with Gasteiger partial charge in [0.25, 0.3) is 5.91 Å². The Morgan fingerprint density at radius 2 is 1.91 bits per heavy atom. The molecule has 0 spiro atoms. The number of hydrogen-bond donors (Lipinski definition) is 2. The number of aryl methyl sites for hydroxylation is 1. The molecule has 1 amide bonds. The molecule has 0 aliphatic heterocycles. The average Bonchev–Trinajstić information content (AvgIpc) is 2.51. The van der Waals surface area contributed by atoms with Gasteiger partial charge >= 0.3 is 0 Å². The van der Waals surface area contributed by atoms with Gasteiger partial charge in [-0.25, -0.2) is 0 Å². The highest BCUT2D eigenvalue weighted by Crippen LogP contribution is 2.19. The fourth-order valence-electron chi connectivity index (χ4n) is 1.80. The quantitative estimate of drug-likeness (QED) is 0.822. The van der Waals surface area contributed by atoms with Gasteiger partial charge in [0.2, 0.25) is 0 Å². The number of hydrogen-bond acceptors (Lipinski definition) is 3. The second kappa shape index (κ2) is 7.94. The Morgan fingerprint density at radius 3 is 2.57 bits per heavy atom. The molecule has 0 bridgehead atoms. The first-order valence-corrected chi connectivity index (χ1v) is 7.84. The zero-order valence-corrected chi connectivity index (χ0v) is 14.4. The SMILES string of the molecule is Cc1ccc(NC(=S)NC(=O)[C@@H](C)Oc2ccccc2)cc1Cl. The predicted octanol–water partition coefficient (Wildman–Crippen LogP) is 3.93. The van der Waals surface area contributed by atoms with Gasteiger partial charge in [0, 0.05) is 10.7 Å². The largest absolute Gasteiger partial charge is 0.481 e. The first kappa shape index (κ1) is 17.2. The molecule has 2 aromatic carbocycles. The number of rotatable bonds is 4. The van der Waals surface area contributed by atoms with Crippen LogP contribution in [0.5, 0.6) is 5.75 Å². The van der Waals surface area contributed by atoms with Crippen LogP contribution in [-0.4, -0.2) is 17.1 Å². The van der Waals surface area contributed by atoms with Crippen LogP contribution in [-0.2, 0) is 4.79 Å². The number of anilines is 1. The van der Waals surface area contributed by atoms with E-state index in [9.17, 15) is 4.79 Å². The lowest BCUT2D eigenvalue weighted by Crippen LogP contribution is -2.42. The number of carbonyl (C=O) groups excluding carboxylic acids is 1. The van der Waals surface area contributed by atoms with Gasteiger partial charge in [-0.15, -0.1) is 0 Å². The van der Waals surface area contributed by atoms with Gasteiger partial charge in [0.05, 0.1) is 0 Å². The first-order chi connectivity index (χ1) is 11.0. The van der Waals surface area contributed by atoms with Crippen molar-refractivity contribution in [1.29, 1.82) is 0 Å². The molecule has 2 N–H and O–H groups in total. The zero-order valence-electron chi connectivity index (χ0n) is 12.8. The lowest BCUT2D eigenvalue weighted by molar-refractivity contribution is -0.125. The van der Waals surface area contributed by atoms with Crippen molar-refractivity contribution in [1.82, 2.24) is 5.32 Å². The van der Waals surface area contributed by atoms with E-state index >= 15 is 0 Å². The fraction of sp³-hybridized carbons (Fsp3) is 0.176. The fourth-order valence-corrected chi connectivity index (χ4v) is 2.20. The number of nitrogens with one attached hydrogen (secondary N) is 2. The van der Waals surface area contributed by atoms with E-state index in [0.717, 1.165) is 5.56 Å². The van der Waals surface area contributed by atoms with Crippen LogP contribution in [0.4, 0.5) is 5.69 Å². The maximum Gasteiger partial charge on any atom is 0.266 e. The van der Waals surface area contributed by atoms with E-state index in [1.54, 1.807) is 25.1 Å². The summed E-state index contributed by atoms with van der Waals surface area (Å²) in [6.45, 7) is 3.57. The standard InChI is InChI=1S/C17H17ClN2O2S/c1-11-8-9-13(10-15(11)18)19-17(23)20-16(21)12(2)22-14-6-4-3-5-7-14/h3-10,12H,1-2H3,(H2,19,20,21,23)/t12-/m1/s1. The number of amides is 1. The van der Waals surface area contributed by atoms with Crippen molar-refractivity contribution < 1.29 is 9.53 Å². The van der Waals surface area contributed by atoms with Crippen LogP contribution in [0, 0.1) is 6.92 Å². The minimum absolute atomic E-state index is 0.193. The Hall–Kier alpha value is -2.11. The maximum atomic E-state index is 12.1. The number of ether oxygens (including phenoxy) is 1. The molecule has 0 heterocycles. The lowest BCUT2D eigenvalue weighted by Gasteiger charge is -2.16. The monoisotopic (exact) mass is 348 g/mol. The van der Waals surface area contributed by atoms with Crippen molar-refractivity contribution in [3.05, 3.63) is 59.1 Å². The van der Waals surface area contributed by atoms with Gasteiger partial charge in [-0.2, -0.15) is 0 Å². The number of halogens is 1. The zero-order chi connectivity index (χ0) is 16.8. The second-order valence-electron chi connectivity index (χ2n) is 4.98. The van der Waals surface area contributed by atoms with E-state index in [0.29, 0.717) is 16.5 Å². The molecule has 2 rings (SSSR count). The molecule has 0 saturated carbocycles. The lowest BCUT2D eigenvalue weighted by atomic mass is 10.2. The number of carbonyl (C=O) groups is 1. The summed E-state index contributed by atoms with van der Waals surface area (Å²) in [4.78, 5) is 12.1. The average molecular weight is 349 g/mol. The minimum Gasteiger partial charge on any atom is -0.481 e. The summed E-state index contributed by atoms with van der Waals surface area (Å²) >= 11 is 11.2. The van der Waals surface area contributed by atoms with Gasteiger partial charge < -0.3 is 10.1 Å². The van der Waals surface area contributed by atoms with E-state index in [-0.39, 0.29) is 11.0 Å². The van der Waals surface area contributed by atoms with Crippen LogP contribution < -0.4 is 15.4 Å². The van der Waals surface area contributed by atoms with Crippen molar-refractivity contribution in [2.45, 2.75) is 20.0 Å². The molecule has 23 heavy (non-hydrogen) atoms. The summed E-state index contributed by atoms with van der Waals surface area (Å²) in [6, 6.07) is 14.6. The highest BCUT2D eigenvalue weighted by atomic mass is 35.5. The molecular formula is C17H17ClN2O2S. The van der Waals surface area contributed by atoms with Crippen molar-refractivity contribution in [2.24, 2.45) is 0 Å². The minimum atomic E-state index is -0.668. The topological polar surface area (TPSA) is 50.4 Å². The number of benzene rings is 2. The summed E-state index contributed by atoms with van der Waals surface area (Å²) in [5, 5.41) is 6.34. The molecule has 0 fully saturated rings. The maximum absolute atomic E-state index is 12.1. The molecule has 120 valence electrons. The van der Waals surface area contributed by atoms with E-state index in [2.05, 4.69) is 10.6 Å². The third kappa shape index (κ3) is 5.23. The molecular weight excluding hydrogens is 332 g/mol. The smallest absolute Gasteiger partial charge is 0.266 e. The second-order valence-corrected chi connectivity index (χ2v) is 5.80. The molecule has 4 nitrogen and oxygen atoms in total. The predicted molar refractivity (Wildman–Crippen MR) is 97.1 cm³/mol. The van der Waals surface area contributed by atoms with Gasteiger partial charge in [-0.1, -0.05) is 35.9 Å². The molecule has 0 radical (unpaired) electrons. The van der Waals surface area contributed by atoms with Gasteiger partial charge in [0.15, 0.2) is 11.2 Å². The van der Waals surface area contributed by atoms with E-state index < -0.39 is 6.10 Å². The summed E-state index contributed by atoms with van der Waals surface area (Å²) in [6.07, 6.45) is -0.668. The Balaban J connectivity index is 1.88. The van der Waals surface area contributed by atoms with Gasteiger partial charge in [-0.05, 0) is 55.9 Å². The van der Waals surface area contributed by atoms with Crippen molar-refractivity contribution >= 4 is 40.5 Å². The first-order valence-electron chi connectivity index (χ1n) is 7.05. The highest BCUT2D eigenvalue weighted by molar-refractivity contribution is 7.80. The molecule has 0 aliphatic rings. The van der Waals surface area contributed by atoms with Crippen LogP contribution in [0.2, 0.25) is 5.02 Å². The van der Waals surface area contributed by atoms with Crippen molar-refractivity contribution in [3.63, 3.8) is 0 Å². The number of para-hydroxylation sites is 1. The van der Waals surface area contributed by atoms with E-state index in [1.807, 2.05) is 37.3 Å². The molecule has 0 unspecified atom stereocenters. The van der Waals surface area contributed by atoms with Gasteiger partial charge in [-0.3, -0.25) is 10.1 Å². The Kier molecular flexibility index (Phi) is 5.96. The van der Waals surface area contributed by atoms with Crippen LogP contribution in [0.15, 0.2) is 48.5 Å². The molecule has 0 saturated heterocycles. The van der Waals surface area contributed by atoms with Crippen LogP contribution >= 0.6 is 23.8 Å². The summed E-state index contributed by atoms with van der Waals surface area (Å²) in [7, 11) is 0. The van der Waals surface area contributed by atoms with Crippen LogP contribution in [0.3, 0.4) is 0 Å². The Labute approximate surface area is 145 Å². The molecule has 0 aliphatic carbocycles. The molecule has 2 aromatic rings. The van der Waals surface area contributed by atoms with E-state index in [1.165, 1.54) is 0 Å². The van der Waals surface area contributed by atoms with E-state index in [4.69, 9.17) is 28.6 Å². The molecule has 6 heteroatoms. The summed E-state index contributed by atoms with van der Waals surface area (Å²) in [5.41, 5.74) is 1.68. The van der Waals surface area contributed by atoms with Crippen LogP contribution in [0.1, 0.15) is 12.5 Å². The Bertz CT molecular complexity index is 707. The molecule has 0 aromatic heterocycles. The van der Waals surface area contributed by atoms with Gasteiger partial charge in [0.1, 0.15) is 5.75 Å². The molecule has 1 atom stereocenters. The van der Waals surface area contributed by atoms with Crippen molar-refractivity contribution in [3.8, 4) is 5.75 Å². The van der Waals surface area contributed by atoms with Crippen molar-refractivity contribution in [2.75, 3.05) is 5.32 Å². The summed E-state index contributed by atoms with van der Waals surface area (Å²) < 4.78 is 5.54. The third-order valence-corrected chi connectivity index (χ3v) is 3.70. The number of thiocarbonyl (C=S) groups is 1. The summed E-state index contributed by atoms with van der Waals surface area (Å²) in [5.74, 6) is 0.295. The normalized spacial score (nSPS) is 11.4. The highest BCUT2D eigenvalue weighted by Gasteiger charge is 2.16. The Morgan fingerprint density at radius 1 is 1.22 bits per heavy atom. The third-order valence-electron chi connectivity index (χ3n) is 3.09. The van der Waals surface area contributed by atoms with Crippen LogP contribution in [0.25, 0.3) is 0 Å².